The van der Waals surface area contributed by atoms with Crippen molar-refractivity contribution in [2.75, 3.05) is 26.2 Å². The molecule has 1 N–H and O–H groups in total. The van der Waals surface area contributed by atoms with Crippen molar-refractivity contribution in [3.8, 4) is 0 Å². The quantitative estimate of drug-likeness (QED) is 0.729. The molecule has 0 aromatic rings. The van der Waals surface area contributed by atoms with Crippen LogP contribution < -0.4 is 5.32 Å². The maximum atomic E-state index is 3.73. The van der Waals surface area contributed by atoms with E-state index in [2.05, 4.69) is 17.1 Å². The Bertz CT molecular complexity index is 211. The third kappa shape index (κ3) is 4.89. The zero-order chi connectivity index (χ0) is 12.6. The number of nitrogens with zero attached hydrogens (tertiary/aromatic N) is 1. The van der Waals surface area contributed by atoms with E-state index in [1.165, 1.54) is 84.0 Å². The number of rotatable bonds is 6. The molecule has 2 nitrogen and oxygen atoms in total. The molecule has 2 fully saturated rings. The average molecular weight is 252 g/mol. The van der Waals surface area contributed by atoms with Gasteiger partial charge in [0.25, 0.3) is 0 Å². The molecule has 2 aliphatic rings. The minimum absolute atomic E-state index is 0.846. The molecule has 1 saturated heterocycles. The van der Waals surface area contributed by atoms with Crippen molar-refractivity contribution < 1.29 is 0 Å². The molecule has 0 aromatic heterocycles. The van der Waals surface area contributed by atoms with Gasteiger partial charge < -0.3 is 10.2 Å². The maximum Gasteiger partial charge on any atom is 0.00670 e. The monoisotopic (exact) mass is 252 g/mol. The maximum absolute atomic E-state index is 3.73. The van der Waals surface area contributed by atoms with Crippen LogP contribution in [0.4, 0.5) is 0 Å². The van der Waals surface area contributed by atoms with Crippen LogP contribution in [0.25, 0.3) is 0 Å². The number of hydrogen-bond donors (Lipinski definition) is 1. The predicted octanol–water partition coefficient (Wildman–Crippen LogP) is 3.42. The molecule has 2 heteroatoms. The van der Waals surface area contributed by atoms with E-state index in [0.29, 0.717) is 0 Å². The van der Waals surface area contributed by atoms with Gasteiger partial charge in [0.15, 0.2) is 0 Å². The fourth-order valence-electron chi connectivity index (χ4n) is 3.60. The van der Waals surface area contributed by atoms with Gasteiger partial charge >= 0.3 is 0 Å². The Labute approximate surface area is 114 Å². The van der Waals surface area contributed by atoms with Gasteiger partial charge in [-0.05, 0) is 70.6 Å². The Kier molecular flexibility index (Phi) is 6.50. The summed E-state index contributed by atoms with van der Waals surface area (Å²) in [6.07, 6.45) is 12.8. The topological polar surface area (TPSA) is 15.3 Å². The molecular weight excluding hydrogens is 220 g/mol. The van der Waals surface area contributed by atoms with E-state index in [1.807, 2.05) is 0 Å². The fourth-order valence-corrected chi connectivity index (χ4v) is 3.60. The van der Waals surface area contributed by atoms with Crippen LogP contribution in [0.5, 0.6) is 0 Å². The molecule has 0 amide bonds. The molecule has 1 aliphatic carbocycles. The van der Waals surface area contributed by atoms with Crippen LogP contribution >= 0.6 is 0 Å². The summed E-state index contributed by atoms with van der Waals surface area (Å²) in [5.41, 5.74) is 0. The smallest absolute Gasteiger partial charge is 0.00670 e. The fraction of sp³-hybridized carbons (Fsp3) is 1.00. The van der Waals surface area contributed by atoms with Gasteiger partial charge in [-0.3, -0.25) is 0 Å². The lowest BCUT2D eigenvalue weighted by atomic mass is 9.98. The first kappa shape index (κ1) is 14.3. The summed E-state index contributed by atoms with van der Waals surface area (Å²) >= 11 is 0. The molecule has 1 unspecified atom stereocenters. The van der Waals surface area contributed by atoms with E-state index in [-0.39, 0.29) is 0 Å². The lowest BCUT2D eigenvalue weighted by molar-refractivity contribution is 0.273. The third-order valence-corrected chi connectivity index (χ3v) is 4.96. The van der Waals surface area contributed by atoms with Crippen molar-refractivity contribution in [3.05, 3.63) is 0 Å². The summed E-state index contributed by atoms with van der Waals surface area (Å²) in [6, 6.07) is 0.846. The van der Waals surface area contributed by atoms with Crippen molar-refractivity contribution in [1.29, 1.82) is 0 Å². The van der Waals surface area contributed by atoms with Gasteiger partial charge in [-0.1, -0.05) is 26.2 Å². The van der Waals surface area contributed by atoms with Crippen LogP contribution in [-0.2, 0) is 0 Å². The second-order valence-electron chi connectivity index (χ2n) is 6.34. The first-order valence-corrected chi connectivity index (χ1v) is 8.34. The number of hydrogen-bond acceptors (Lipinski definition) is 2. The van der Waals surface area contributed by atoms with Crippen LogP contribution in [-0.4, -0.2) is 37.1 Å². The van der Waals surface area contributed by atoms with E-state index in [9.17, 15) is 0 Å². The zero-order valence-corrected chi connectivity index (χ0v) is 12.3. The molecule has 1 saturated carbocycles. The van der Waals surface area contributed by atoms with Crippen LogP contribution in [0, 0.1) is 5.92 Å². The SMILES string of the molecule is CCC1CCCN(CCCNC2CCCC2)CC1. The van der Waals surface area contributed by atoms with E-state index in [1.54, 1.807) is 0 Å². The molecule has 1 aliphatic heterocycles. The minimum Gasteiger partial charge on any atom is -0.314 e. The molecule has 1 heterocycles. The molecule has 0 aromatic carbocycles. The normalized spacial score (nSPS) is 27.5. The summed E-state index contributed by atoms with van der Waals surface area (Å²) in [6.45, 7) is 7.60. The molecule has 0 spiro atoms. The Hall–Kier alpha value is -0.0800. The summed E-state index contributed by atoms with van der Waals surface area (Å²) in [7, 11) is 0. The van der Waals surface area contributed by atoms with Crippen molar-refractivity contribution in [2.24, 2.45) is 5.92 Å². The van der Waals surface area contributed by atoms with Crippen molar-refractivity contribution >= 4 is 0 Å². The Morgan fingerprint density at radius 3 is 2.61 bits per heavy atom. The van der Waals surface area contributed by atoms with Crippen LogP contribution in [0.1, 0.15) is 64.7 Å². The van der Waals surface area contributed by atoms with E-state index < -0.39 is 0 Å². The summed E-state index contributed by atoms with van der Waals surface area (Å²) < 4.78 is 0. The highest BCUT2D eigenvalue weighted by molar-refractivity contribution is 4.74. The summed E-state index contributed by atoms with van der Waals surface area (Å²) in [5.74, 6) is 1.01. The summed E-state index contributed by atoms with van der Waals surface area (Å²) in [5, 5.41) is 3.73. The third-order valence-electron chi connectivity index (χ3n) is 4.96. The van der Waals surface area contributed by atoms with Crippen LogP contribution in [0.3, 0.4) is 0 Å². The predicted molar refractivity (Wildman–Crippen MR) is 78.9 cm³/mol. The van der Waals surface area contributed by atoms with Gasteiger partial charge in [-0.25, -0.2) is 0 Å². The van der Waals surface area contributed by atoms with Gasteiger partial charge in [0.2, 0.25) is 0 Å². The molecule has 0 bridgehead atoms. The Balaban J connectivity index is 1.53. The van der Waals surface area contributed by atoms with Gasteiger partial charge in [-0.2, -0.15) is 0 Å². The Morgan fingerprint density at radius 1 is 1.00 bits per heavy atom. The largest absolute Gasteiger partial charge is 0.314 e. The molecule has 0 radical (unpaired) electrons. The van der Waals surface area contributed by atoms with E-state index in [4.69, 9.17) is 0 Å². The number of likely N-dealkylation sites (tertiary alicyclic amines) is 1. The molecule has 18 heavy (non-hydrogen) atoms. The Morgan fingerprint density at radius 2 is 1.83 bits per heavy atom. The molecule has 106 valence electrons. The lowest BCUT2D eigenvalue weighted by Gasteiger charge is -2.20. The number of nitrogens with one attached hydrogen (secondary N) is 1. The first-order valence-electron chi connectivity index (χ1n) is 8.34. The molecular formula is C16H32N2. The second-order valence-corrected chi connectivity index (χ2v) is 6.34. The van der Waals surface area contributed by atoms with E-state index in [0.717, 1.165) is 12.0 Å². The standard InChI is InChI=1S/C16H32N2/c1-2-15-7-5-12-18(14-10-15)13-6-11-17-16-8-3-4-9-16/h15-17H,2-14H2,1H3. The first-order chi connectivity index (χ1) is 8.88. The van der Waals surface area contributed by atoms with Gasteiger partial charge in [-0.15, -0.1) is 0 Å². The van der Waals surface area contributed by atoms with Gasteiger partial charge in [0.1, 0.15) is 0 Å². The van der Waals surface area contributed by atoms with Crippen molar-refractivity contribution in [1.82, 2.24) is 10.2 Å². The zero-order valence-electron chi connectivity index (χ0n) is 12.3. The van der Waals surface area contributed by atoms with Crippen LogP contribution in [0.2, 0.25) is 0 Å². The van der Waals surface area contributed by atoms with Crippen molar-refractivity contribution in [3.63, 3.8) is 0 Å². The van der Waals surface area contributed by atoms with Crippen molar-refractivity contribution in [2.45, 2.75) is 70.8 Å². The highest BCUT2D eigenvalue weighted by Crippen LogP contribution is 2.20. The highest BCUT2D eigenvalue weighted by atomic mass is 15.1. The lowest BCUT2D eigenvalue weighted by Crippen LogP contribution is -2.31. The van der Waals surface area contributed by atoms with E-state index >= 15 is 0 Å². The van der Waals surface area contributed by atoms with Gasteiger partial charge in [0.05, 0.1) is 0 Å². The second kappa shape index (κ2) is 8.16. The summed E-state index contributed by atoms with van der Waals surface area (Å²) in [4.78, 5) is 2.70. The minimum atomic E-state index is 0.846. The van der Waals surface area contributed by atoms with Crippen LogP contribution in [0.15, 0.2) is 0 Å². The molecule has 2 rings (SSSR count). The van der Waals surface area contributed by atoms with Gasteiger partial charge in [0, 0.05) is 6.04 Å². The highest BCUT2D eigenvalue weighted by Gasteiger charge is 2.16. The average Bonchev–Trinajstić information content (AvgIpc) is 2.80. The molecule has 1 atom stereocenters.